The largest absolute Gasteiger partial charge is 0.356 e. The molecule has 0 bridgehead atoms. The summed E-state index contributed by atoms with van der Waals surface area (Å²) in [5.74, 6) is -0.440. The third-order valence-corrected chi connectivity index (χ3v) is 4.50. The summed E-state index contributed by atoms with van der Waals surface area (Å²) in [5, 5.41) is 7.70. The zero-order valence-corrected chi connectivity index (χ0v) is 15.4. The third kappa shape index (κ3) is 5.96. The summed E-state index contributed by atoms with van der Waals surface area (Å²) in [4.78, 5) is 36.0. The number of nitrogens with one attached hydrogen (secondary N) is 2. The number of benzene rings is 1. The summed E-state index contributed by atoms with van der Waals surface area (Å²) >= 11 is 1.26. The van der Waals surface area contributed by atoms with Crippen LogP contribution >= 0.6 is 11.3 Å². The van der Waals surface area contributed by atoms with Crippen molar-refractivity contribution >= 4 is 28.3 Å². The number of nitrogens with zero attached hydrogens (tertiary/aromatic N) is 3. The fourth-order valence-electron chi connectivity index (χ4n) is 2.41. The van der Waals surface area contributed by atoms with Crippen molar-refractivity contribution in [2.45, 2.75) is 19.3 Å². The van der Waals surface area contributed by atoms with E-state index in [9.17, 15) is 9.59 Å². The van der Waals surface area contributed by atoms with Gasteiger partial charge in [-0.1, -0.05) is 30.3 Å². The minimum absolute atomic E-state index is 0.0745. The van der Waals surface area contributed by atoms with E-state index in [1.165, 1.54) is 29.3 Å². The second kappa shape index (κ2) is 9.54. The summed E-state index contributed by atoms with van der Waals surface area (Å²) in [5.41, 5.74) is 1.87. The van der Waals surface area contributed by atoms with Crippen LogP contribution in [0.3, 0.4) is 0 Å². The predicted molar refractivity (Wildman–Crippen MR) is 104 cm³/mol. The van der Waals surface area contributed by atoms with E-state index in [1.807, 2.05) is 18.2 Å². The number of rotatable bonds is 8. The normalized spacial score (nSPS) is 10.4. The zero-order chi connectivity index (χ0) is 18.9. The van der Waals surface area contributed by atoms with Crippen LogP contribution in [0.5, 0.6) is 0 Å². The molecule has 0 aliphatic carbocycles. The average Bonchev–Trinajstić information content (AvgIpc) is 3.13. The number of carbonyl (C=O) groups excluding carboxylic acids is 2. The maximum absolute atomic E-state index is 12.0. The molecular weight excluding hydrogens is 362 g/mol. The minimum Gasteiger partial charge on any atom is -0.356 e. The lowest BCUT2D eigenvalue weighted by Crippen LogP contribution is -2.26. The highest BCUT2D eigenvalue weighted by atomic mass is 32.1. The second-order valence-corrected chi connectivity index (χ2v) is 6.64. The Morgan fingerprint density at radius 2 is 1.81 bits per heavy atom. The molecule has 2 heterocycles. The second-order valence-electron chi connectivity index (χ2n) is 5.79. The first kappa shape index (κ1) is 18.7. The Hall–Kier alpha value is -3.13. The number of carbonyl (C=O) groups is 2. The molecular formula is C19H19N5O2S. The highest BCUT2D eigenvalue weighted by molar-refractivity contribution is 7.14. The van der Waals surface area contributed by atoms with E-state index < -0.39 is 5.91 Å². The van der Waals surface area contributed by atoms with E-state index >= 15 is 0 Å². The Balaban J connectivity index is 1.40. The van der Waals surface area contributed by atoms with Crippen molar-refractivity contribution in [3.63, 3.8) is 0 Å². The van der Waals surface area contributed by atoms with E-state index in [0.29, 0.717) is 17.4 Å². The molecule has 0 atom stereocenters. The van der Waals surface area contributed by atoms with Crippen molar-refractivity contribution < 1.29 is 9.59 Å². The number of hydrogen-bond acceptors (Lipinski definition) is 6. The third-order valence-electron chi connectivity index (χ3n) is 3.69. The van der Waals surface area contributed by atoms with Gasteiger partial charge >= 0.3 is 0 Å². The lowest BCUT2D eigenvalue weighted by molar-refractivity contribution is -0.120. The summed E-state index contributed by atoms with van der Waals surface area (Å²) in [7, 11) is 0. The number of anilines is 1. The Morgan fingerprint density at radius 1 is 1.04 bits per heavy atom. The van der Waals surface area contributed by atoms with Gasteiger partial charge in [0.2, 0.25) is 11.7 Å². The van der Waals surface area contributed by atoms with Crippen LogP contribution in [0.1, 0.15) is 28.3 Å². The Bertz CT molecular complexity index is 883. The summed E-state index contributed by atoms with van der Waals surface area (Å²) in [6, 6.07) is 11.8. The predicted octanol–water partition coefficient (Wildman–Crippen LogP) is 2.48. The maximum atomic E-state index is 12.0. The van der Waals surface area contributed by atoms with Gasteiger partial charge in [-0.2, -0.15) is 0 Å². The molecule has 8 heteroatoms. The first-order chi connectivity index (χ1) is 13.2. The minimum atomic E-state index is -0.429. The van der Waals surface area contributed by atoms with Gasteiger partial charge in [-0.05, 0) is 24.5 Å². The van der Waals surface area contributed by atoms with Gasteiger partial charge in [-0.25, -0.2) is 15.0 Å². The average molecular weight is 381 g/mol. The van der Waals surface area contributed by atoms with Gasteiger partial charge in [0.05, 0.1) is 12.1 Å². The standard InChI is InChI=1S/C19H19N5O2S/c25-16(20-9-4-8-14-6-2-1-3-7-14)12-15-13-27-19(23-15)24-18(26)17-21-10-5-11-22-17/h1-3,5-7,10-11,13H,4,8-9,12H2,(H,20,25)(H,23,24,26). The van der Waals surface area contributed by atoms with Crippen molar-refractivity contribution in [1.29, 1.82) is 0 Å². The highest BCUT2D eigenvalue weighted by Gasteiger charge is 2.12. The molecule has 0 aliphatic heterocycles. The smallest absolute Gasteiger partial charge is 0.295 e. The van der Waals surface area contributed by atoms with Crippen molar-refractivity contribution in [3.8, 4) is 0 Å². The molecule has 0 saturated carbocycles. The molecule has 2 N–H and O–H groups in total. The monoisotopic (exact) mass is 381 g/mol. The summed E-state index contributed by atoms with van der Waals surface area (Å²) in [6.07, 6.45) is 4.98. The van der Waals surface area contributed by atoms with Gasteiger partial charge in [-0.15, -0.1) is 11.3 Å². The molecule has 3 rings (SSSR count). The SMILES string of the molecule is O=C(Cc1csc(NC(=O)c2ncccn2)n1)NCCCc1ccccc1. The van der Waals surface area contributed by atoms with Crippen LogP contribution in [-0.2, 0) is 17.6 Å². The van der Waals surface area contributed by atoms with Crippen LogP contribution in [0.25, 0.3) is 0 Å². The van der Waals surface area contributed by atoms with Gasteiger partial charge in [0.25, 0.3) is 5.91 Å². The van der Waals surface area contributed by atoms with Crippen LogP contribution in [0, 0.1) is 0 Å². The van der Waals surface area contributed by atoms with Gasteiger partial charge < -0.3 is 5.32 Å². The van der Waals surface area contributed by atoms with Crippen molar-refractivity contribution in [2.75, 3.05) is 11.9 Å². The lowest BCUT2D eigenvalue weighted by atomic mass is 10.1. The van der Waals surface area contributed by atoms with Gasteiger partial charge in [0, 0.05) is 24.3 Å². The molecule has 0 fully saturated rings. The number of aryl methyl sites for hydroxylation is 1. The molecule has 0 aliphatic rings. The molecule has 138 valence electrons. The van der Waals surface area contributed by atoms with Gasteiger partial charge in [0.15, 0.2) is 5.13 Å². The lowest BCUT2D eigenvalue weighted by Gasteiger charge is -2.04. The Morgan fingerprint density at radius 3 is 2.59 bits per heavy atom. The first-order valence-electron chi connectivity index (χ1n) is 8.54. The molecule has 7 nitrogen and oxygen atoms in total. The van der Waals surface area contributed by atoms with Crippen LogP contribution in [0.2, 0.25) is 0 Å². The van der Waals surface area contributed by atoms with Gasteiger partial charge in [-0.3, -0.25) is 14.9 Å². The molecule has 2 aromatic heterocycles. The molecule has 27 heavy (non-hydrogen) atoms. The maximum Gasteiger partial charge on any atom is 0.295 e. The molecule has 3 aromatic rings. The van der Waals surface area contributed by atoms with E-state index in [-0.39, 0.29) is 18.2 Å². The molecule has 0 spiro atoms. The van der Waals surface area contributed by atoms with Crippen molar-refractivity contribution in [3.05, 3.63) is 71.3 Å². The first-order valence-corrected chi connectivity index (χ1v) is 9.42. The van der Waals surface area contributed by atoms with Crippen LogP contribution < -0.4 is 10.6 Å². The summed E-state index contributed by atoms with van der Waals surface area (Å²) in [6.45, 7) is 0.618. The Kier molecular flexibility index (Phi) is 6.59. The molecule has 2 amide bonds. The quantitative estimate of drug-likeness (QED) is 0.584. The van der Waals surface area contributed by atoms with E-state index in [1.54, 1.807) is 11.4 Å². The van der Waals surface area contributed by atoms with Crippen molar-refractivity contribution in [1.82, 2.24) is 20.3 Å². The number of aromatic nitrogens is 3. The van der Waals surface area contributed by atoms with E-state index in [4.69, 9.17) is 0 Å². The van der Waals surface area contributed by atoms with Crippen LogP contribution in [-0.4, -0.2) is 33.3 Å². The van der Waals surface area contributed by atoms with Crippen LogP contribution in [0.15, 0.2) is 54.2 Å². The highest BCUT2D eigenvalue weighted by Crippen LogP contribution is 2.16. The molecule has 0 unspecified atom stereocenters. The number of hydrogen-bond donors (Lipinski definition) is 2. The van der Waals surface area contributed by atoms with Crippen LogP contribution in [0.4, 0.5) is 5.13 Å². The summed E-state index contributed by atoms with van der Waals surface area (Å²) < 4.78 is 0. The van der Waals surface area contributed by atoms with E-state index in [2.05, 4.69) is 37.7 Å². The fourth-order valence-corrected chi connectivity index (χ4v) is 3.11. The number of thiazole rings is 1. The fraction of sp³-hybridized carbons (Fsp3) is 0.211. The number of amides is 2. The van der Waals surface area contributed by atoms with Gasteiger partial charge in [0.1, 0.15) is 0 Å². The topological polar surface area (TPSA) is 96.9 Å². The Labute approximate surface area is 160 Å². The van der Waals surface area contributed by atoms with E-state index in [0.717, 1.165) is 12.8 Å². The van der Waals surface area contributed by atoms with Crippen molar-refractivity contribution in [2.24, 2.45) is 0 Å². The zero-order valence-electron chi connectivity index (χ0n) is 14.6. The molecule has 0 radical (unpaired) electrons. The molecule has 1 aromatic carbocycles. The molecule has 0 saturated heterocycles.